The number of benzene rings is 3. The Balaban J connectivity index is 0.000000109. The lowest BCUT2D eigenvalue weighted by Crippen LogP contribution is -2.59. The highest BCUT2D eigenvalue weighted by Crippen LogP contribution is 2.63. The molecule has 10 unspecified atom stereocenters. The molecule has 7 saturated heterocycles. The van der Waals surface area contributed by atoms with Crippen LogP contribution in [0.1, 0.15) is 251 Å². The summed E-state index contributed by atoms with van der Waals surface area (Å²) in [6.45, 7) is 55.0. The van der Waals surface area contributed by atoms with Gasteiger partial charge in [-0.3, -0.25) is 24.9 Å². The highest BCUT2D eigenvalue weighted by molar-refractivity contribution is 5.76. The summed E-state index contributed by atoms with van der Waals surface area (Å²) in [6.07, 6.45) is 13.9. The van der Waals surface area contributed by atoms with Crippen LogP contribution in [0.25, 0.3) is 0 Å². The Labute approximate surface area is 619 Å². The predicted octanol–water partition coefficient (Wildman–Crippen LogP) is 21.1. The van der Waals surface area contributed by atoms with Crippen LogP contribution in [-0.4, -0.2) is 73.9 Å². The van der Waals surface area contributed by atoms with E-state index in [4.69, 9.17) is 19.9 Å². The van der Waals surface area contributed by atoms with Crippen molar-refractivity contribution in [3.8, 4) is 0 Å². The Hall–Kier alpha value is -7.79. The van der Waals surface area contributed by atoms with Crippen LogP contribution in [0.3, 0.4) is 0 Å². The van der Waals surface area contributed by atoms with E-state index in [0.717, 1.165) is 64.4 Å². The van der Waals surface area contributed by atoms with Crippen molar-refractivity contribution in [1.82, 2.24) is 24.9 Å². The smallest absolute Gasteiger partial charge is 0.0997 e. The molecule has 0 spiro atoms. The van der Waals surface area contributed by atoms with E-state index < -0.39 is 0 Å². The van der Waals surface area contributed by atoms with Gasteiger partial charge in [-0.25, -0.2) is 0 Å². The van der Waals surface area contributed by atoms with Crippen LogP contribution in [-0.2, 0) is 16.5 Å². The second-order valence-corrected chi connectivity index (χ2v) is 34.8. The van der Waals surface area contributed by atoms with Crippen molar-refractivity contribution in [2.24, 2.45) is 11.3 Å². The number of fused-ring (bicyclic) bond motifs is 21. The van der Waals surface area contributed by atoms with Crippen LogP contribution >= 0.6 is 0 Å². The van der Waals surface area contributed by atoms with E-state index in [0.29, 0.717) is 47.7 Å². The fourth-order valence-electron chi connectivity index (χ4n) is 23.3. The molecule has 11 nitrogen and oxygen atoms in total. The average molecular weight is 1380 g/mol. The lowest BCUT2D eigenvalue weighted by atomic mass is 9.64. The topological polar surface area (TPSA) is 83.9 Å². The maximum atomic E-state index is 4.77. The maximum Gasteiger partial charge on any atom is 0.0997 e. The second kappa shape index (κ2) is 26.7. The molecule has 0 radical (unpaired) electrons. The molecule has 2 saturated carbocycles. The van der Waals surface area contributed by atoms with Gasteiger partial charge >= 0.3 is 0 Å². The van der Waals surface area contributed by atoms with Gasteiger partial charge in [-0.2, -0.15) is 0 Å². The first kappa shape index (κ1) is 72.2. The summed E-state index contributed by atoms with van der Waals surface area (Å²) in [7, 11) is 0. The van der Waals surface area contributed by atoms with E-state index in [9.17, 15) is 0 Å². The third-order valence-corrected chi connectivity index (χ3v) is 27.7. The van der Waals surface area contributed by atoms with Crippen molar-refractivity contribution in [2.45, 2.75) is 301 Å². The molecule has 10 atom stereocenters. The quantitative estimate of drug-likeness (QED) is 0.165. The van der Waals surface area contributed by atoms with E-state index >= 15 is 0 Å². The normalized spacial score (nSPS) is 29.6. The monoisotopic (exact) mass is 1380 g/mol. The van der Waals surface area contributed by atoms with E-state index in [-0.39, 0.29) is 16.5 Å². The minimum absolute atomic E-state index is 0.0302. The van der Waals surface area contributed by atoms with Gasteiger partial charge in [-0.1, -0.05) is 80.6 Å². The molecule has 12 aliphatic rings. The first-order valence-electron chi connectivity index (χ1n) is 39.5. The Kier molecular flexibility index (Phi) is 18.7. The minimum atomic E-state index is 0.0302. The van der Waals surface area contributed by atoms with E-state index in [2.05, 4.69) is 304 Å². The summed E-state index contributed by atoms with van der Waals surface area (Å²) < 4.78 is 0. The van der Waals surface area contributed by atoms with Crippen LogP contribution < -0.4 is 29.4 Å². The summed E-state index contributed by atoms with van der Waals surface area (Å²) in [6, 6.07) is 42.3. The molecular formula is C92H121N11. The molecule has 20 rings (SSSR count). The number of anilines is 6. The highest BCUT2D eigenvalue weighted by atomic mass is 15.5. The molecule has 10 bridgehead atoms. The molecule has 3 aromatic carbocycles. The number of aryl methyl sites for hydroxylation is 15. The first-order valence-corrected chi connectivity index (χ1v) is 39.5. The zero-order valence-electron chi connectivity index (χ0n) is 67.3. The van der Waals surface area contributed by atoms with Crippen molar-refractivity contribution in [1.29, 1.82) is 0 Å². The van der Waals surface area contributed by atoms with Crippen LogP contribution in [0.15, 0.2) is 103 Å². The Morgan fingerprint density at radius 1 is 0.388 bits per heavy atom. The molecule has 5 aromatic heterocycles. The SMILES string of the molecule is Cc1cc(C)c(N2C(C)C3(C)CC2(C)c2ccccc23)c(C)n1.Cc1cc(C)c(N2C(C)N3CC2(C)c2ccccc23)c(C)n1.Cc1cc(C)c(N2C3CC(c4ccccc43)C2C)c(C)n1.Cc1cc(C)c(N2C3CCC(C)(CC3)C2C)c(C)n1.Cc1cc(C)c(N2C3CCC(CC3)C2C)c(C)n1. The number of piperidine rings is 4. The third kappa shape index (κ3) is 11.8. The van der Waals surface area contributed by atoms with Crippen LogP contribution in [0.5, 0.6) is 0 Å². The number of hydrogen-bond donors (Lipinski definition) is 0. The van der Waals surface area contributed by atoms with Crippen molar-refractivity contribution < 1.29 is 0 Å². The van der Waals surface area contributed by atoms with Crippen LogP contribution in [0, 0.1) is 115 Å². The van der Waals surface area contributed by atoms with Crippen molar-refractivity contribution >= 4 is 34.1 Å². The van der Waals surface area contributed by atoms with E-state index in [1.165, 1.54) is 160 Å². The van der Waals surface area contributed by atoms with Gasteiger partial charge in [0.25, 0.3) is 0 Å². The first-order chi connectivity index (χ1) is 48.8. The minimum Gasteiger partial charge on any atom is -0.364 e. The third-order valence-electron chi connectivity index (χ3n) is 27.7. The summed E-state index contributed by atoms with van der Waals surface area (Å²) in [4.78, 5) is 39.4. The lowest BCUT2D eigenvalue weighted by Gasteiger charge is -2.58. The fraction of sp³-hybridized carbons (Fsp3) is 0.533. The van der Waals surface area contributed by atoms with Crippen LogP contribution in [0.4, 0.5) is 34.1 Å². The molecular weight excluding hydrogens is 1260 g/mol. The second-order valence-electron chi connectivity index (χ2n) is 34.8. The van der Waals surface area contributed by atoms with Gasteiger partial charge < -0.3 is 29.4 Å². The van der Waals surface area contributed by atoms with Gasteiger partial charge in [0, 0.05) is 93.8 Å². The zero-order valence-corrected chi connectivity index (χ0v) is 67.3. The molecule has 544 valence electrons. The molecule has 13 heterocycles. The molecule has 0 N–H and O–H groups in total. The Morgan fingerprint density at radius 3 is 1.30 bits per heavy atom. The molecule has 4 aliphatic carbocycles. The van der Waals surface area contributed by atoms with Gasteiger partial charge in [0.05, 0.1) is 80.2 Å². The van der Waals surface area contributed by atoms with E-state index in [1.54, 1.807) is 11.1 Å². The predicted molar refractivity (Wildman–Crippen MR) is 431 cm³/mol. The molecule has 11 heteroatoms. The van der Waals surface area contributed by atoms with Gasteiger partial charge in [-0.15, -0.1) is 0 Å². The Morgan fingerprint density at radius 2 is 0.806 bits per heavy atom. The van der Waals surface area contributed by atoms with Gasteiger partial charge in [0.15, 0.2) is 0 Å². The fourth-order valence-corrected chi connectivity index (χ4v) is 23.3. The summed E-state index contributed by atoms with van der Waals surface area (Å²) in [5.41, 5.74) is 34.9. The van der Waals surface area contributed by atoms with Gasteiger partial charge in [0.2, 0.25) is 0 Å². The number of nitrogens with zero attached hydrogens (tertiary/aromatic N) is 11. The van der Waals surface area contributed by atoms with Gasteiger partial charge in [-0.05, 0) is 314 Å². The number of para-hydroxylation sites is 1. The summed E-state index contributed by atoms with van der Waals surface area (Å²) >= 11 is 0. The number of pyridine rings is 5. The van der Waals surface area contributed by atoms with E-state index in [1.807, 2.05) is 0 Å². The summed E-state index contributed by atoms with van der Waals surface area (Å²) in [5.74, 6) is 1.57. The largest absolute Gasteiger partial charge is 0.364 e. The standard InChI is InChI=1S/C21H26N2.C19H23N3.C19H22N2.C17H26N2.C16H24N2/c1-13-11-14(2)22-15(3)19(13)23-16(4)20(5)12-21(23,6)18-10-8-7-9-17(18)20;1-12-10-13(2)20-14(3)18(12)22-15(4)21-11-19(22,5)16-8-6-7-9-17(16)21;1-11-9-12(2)20-13(3)19(11)21-14(4)17-10-18(21)16-8-6-5-7-15(16)17;1-11-10-12(2)18-13(3)16(11)19-14(4)17(5)8-6-15(19)7-9-17;1-10-9-11(2)17-12(3)16(10)18-13(4)14-5-7-15(18)8-6-14/h7-11,16H,12H2,1-6H3;6-10,15H,11H2,1-5H3;5-9,14,17-18H,10H2,1-4H3;10,14-15H,6-9H2,1-5H3;9,13-15H,5-8H2,1-4H3. The lowest BCUT2D eigenvalue weighted by molar-refractivity contribution is 0.0964. The Bertz CT molecular complexity index is 4450. The number of rotatable bonds is 5. The maximum absolute atomic E-state index is 4.77. The van der Waals surface area contributed by atoms with Crippen molar-refractivity contribution in [2.75, 3.05) is 35.9 Å². The zero-order chi connectivity index (χ0) is 73.6. The molecule has 8 aromatic rings. The highest BCUT2D eigenvalue weighted by Gasteiger charge is 2.62. The molecule has 8 aliphatic heterocycles. The van der Waals surface area contributed by atoms with Crippen molar-refractivity contribution in [3.63, 3.8) is 0 Å². The number of hydrogen-bond acceptors (Lipinski definition) is 11. The summed E-state index contributed by atoms with van der Waals surface area (Å²) in [5, 5.41) is 0. The molecule has 9 fully saturated rings. The number of aromatic nitrogens is 5. The van der Waals surface area contributed by atoms with Crippen molar-refractivity contribution in [3.05, 3.63) is 216 Å². The molecule has 103 heavy (non-hydrogen) atoms. The average Bonchev–Trinajstić information content (AvgIpc) is 1.30. The van der Waals surface area contributed by atoms with Gasteiger partial charge in [0.1, 0.15) is 0 Å². The van der Waals surface area contributed by atoms with Crippen LogP contribution in [0.2, 0.25) is 0 Å². The molecule has 0 amide bonds.